The number of ether oxygens (including phenoxy) is 1. The van der Waals surface area contributed by atoms with Crippen LogP contribution in [0, 0.1) is 25.5 Å². The lowest BCUT2D eigenvalue weighted by Gasteiger charge is -2.21. The normalized spacial score (nSPS) is 18.3. The fourth-order valence-electron chi connectivity index (χ4n) is 4.34. The highest BCUT2D eigenvalue weighted by molar-refractivity contribution is 5.90. The first-order chi connectivity index (χ1) is 16.4. The maximum atomic E-state index is 13.9. The lowest BCUT2D eigenvalue weighted by Crippen LogP contribution is -2.42. The number of halogens is 2. The molecule has 0 radical (unpaired) electrons. The second-order valence-electron chi connectivity index (χ2n) is 8.54. The highest BCUT2D eigenvalue weighted by Gasteiger charge is 2.35. The average Bonchev–Trinajstić information content (AvgIpc) is 3.35. The van der Waals surface area contributed by atoms with E-state index in [1.54, 1.807) is 17.9 Å². The predicted octanol–water partition coefficient (Wildman–Crippen LogP) is 4.00. The molecule has 0 spiro atoms. The molecule has 7 nitrogen and oxygen atoms in total. The van der Waals surface area contributed by atoms with Crippen LogP contribution < -0.4 is 10.6 Å². The van der Waals surface area contributed by atoms with Gasteiger partial charge >= 0.3 is 6.03 Å². The zero-order valence-corrected chi connectivity index (χ0v) is 19.5. The van der Waals surface area contributed by atoms with Crippen molar-refractivity contribution in [3.63, 3.8) is 0 Å². The number of urea groups is 1. The summed E-state index contributed by atoms with van der Waals surface area (Å²) in [5.74, 6) is -1.39. The maximum Gasteiger partial charge on any atom is 0.320 e. The van der Waals surface area contributed by atoms with Gasteiger partial charge in [-0.3, -0.25) is 10.2 Å². The third-order valence-electron chi connectivity index (χ3n) is 6.29. The van der Waals surface area contributed by atoms with Crippen LogP contribution in [-0.4, -0.2) is 60.1 Å². The molecular formula is C25H29F2N5O2. The number of amides is 2. The van der Waals surface area contributed by atoms with Crippen molar-refractivity contribution in [3.05, 3.63) is 77.0 Å². The van der Waals surface area contributed by atoms with Crippen molar-refractivity contribution in [1.29, 1.82) is 0 Å². The van der Waals surface area contributed by atoms with E-state index in [9.17, 15) is 13.6 Å². The van der Waals surface area contributed by atoms with Crippen LogP contribution in [0.3, 0.4) is 0 Å². The number of nitrogens with zero attached hydrogens (tertiary/aromatic N) is 3. The van der Waals surface area contributed by atoms with Gasteiger partial charge < -0.3 is 10.1 Å². The van der Waals surface area contributed by atoms with Crippen LogP contribution >= 0.6 is 0 Å². The molecule has 3 aromatic rings. The van der Waals surface area contributed by atoms with Crippen molar-refractivity contribution in [2.45, 2.75) is 25.8 Å². The summed E-state index contributed by atoms with van der Waals surface area (Å²) in [6.07, 6.45) is 0. The minimum atomic E-state index is -0.895. The predicted molar refractivity (Wildman–Crippen MR) is 126 cm³/mol. The van der Waals surface area contributed by atoms with E-state index in [1.807, 2.05) is 44.2 Å². The van der Waals surface area contributed by atoms with Gasteiger partial charge in [-0.15, -0.1) is 0 Å². The zero-order chi connectivity index (χ0) is 24.2. The molecule has 2 N–H and O–H groups in total. The molecule has 0 unspecified atom stereocenters. The number of likely N-dealkylation sites (tertiary alicyclic amines) is 1. The van der Waals surface area contributed by atoms with Crippen LogP contribution in [-0.2, 0) is 4.74 Å². The molecule has 180 valence electrons. The Kier molecular flexibility index (Phi) is 7.23. The number of methoxy groups -OCH3 is 1. The molecule has 2 amide bonds. The van der Waals surface area contributed by atoms with Gasteiger partial charge in [0.2, 0.25) is 0 Å². The van der Waals surface area contributed by atoms with E-state index >= 15 is 0 Å². The van der Waals surface area contributed by atoms with Crippen LogP contribution in [0.4, 0.5) is 19.4 Å². The fourth-order valence-corrected chi connectivity index (χ4v) is 4.34. The van der Waals surface area contributed by atoms with Crippen molar-refractivity contribution in [2.75, 3.05) is 38.7 Å². The molecule has 1 fully saturated rings. The highest BCUT2D eigenvalue weighted by Crippen LogP contribution is 2.29. The van der Waals surface area contributed by atoms with Gasteiger partial charge in [0.05, 0.1) is 24.0 Å². The van der Waals surface area contributed by atoms with Crippen LogP contribution in [0.1, 0.15) is 22.7 Å². The number of hydrogen-bond acceptors (Lipinski definition) is 4. The first kappa shape index (κ1) is 23.8. The standard InChI is InChI=1S/C25H29F2N5O2/c1-16-17(2)30-32(19-7-5-4-6-8-19)24(16)29-25(33)28-23-15-31(11-12-34-3)14-20(23)18-9-10-21(26)22(27)13-18/h4-10,13,20,23H,11-12,14-15H2,1-3H3,(H2,28,29,33)/t20-,23+/m0/s1. The topological polar surface area (TPSA) is 71.4 Å². The Labute approximate surface area is 197 Å². The lowest BCUT2D eigenvalue weighted by atomic mass is 9.94. The Hall–Kier alpha value is -3.30. The molecule has 1 aliphatic rings. The van der Waals surface area contributed by atoms with Gasteiger partial charge in [-0.1, -0.05) is 24.3 Å². The van der Waals surface area contributed by atoms with Gasteiger partial charge in [0, 0.05) is 38.2 Å². The quantitative estimate of drug-likeness (QED) is 0.549. The van der Waals surface area contributed by atoms with E-state index in [2.05, 4.69) is 20.6 Å². The van der Waals surface area contributed by atoms with Gasteiger partial charge in [0.1, 0.15) is 5.82 Å². The maximum absolute atomic E-state index is 13.9. The molecule has 0 saturated carbocycles. The molecule has 9 heteroatoms. The second-order valence-corrected chi connectivity index (χ2v) is 8.54. The third-order valence-corrected chi connectivity index (χ3v) is 6.29. The van der Waals surface area contributed by atoms with Gasteiger partial charge in [0.25, 0.3) is 0 Å². The zero-order valence-electron chi connectivity index (χ0n) is 19.5. The summed E-state index contributed by atoms with van der Waals surface area (Å²) in [5.41, 5.74) is 3.15. The molecule has 2 heterocycles. The molecule has 2 atom stereocenters. The summed E-state index contributed by atoms with van der Waals surface area (Å²) in [4.78, 5) is 15.2. The first-order valence-electron chi connectivity index (χ1n) is 11.2. The number of aryl methyl sites for hydroxylation is 1. The van der Waals surface area contributed by atoms with Crippen LogP contribution in [0.5, 0.6) is 0 Å². The molecule has 0 aliphatic carbocycles. The number of carbonyl (C=O) groups excluding carboxylic acids is 1. The summed E-state index contributed by atoms with van der Waals surface area (Å²) in [6.45, 7) is 6.18. The molecule has 4 rings (SSSR count). The summed E-state index contributed by atoms with van der Waals surface area (Å²) >= 11 is 0. The van der Waals surface area contributed by atoms with Crippen molar-refractivity contribution in [2.24, 2.45) is 0 Å². The molecule has 2 aromatic carbocycles. The van der Waals surface area contributed by atoms with Gasteiger partial charge in [-0.2, -0.15) is 5.10 Å². The van der Waals surface area contributed by atoms with Crippen LogP contribution in [0.25, 0.3) is 5.69 Å². The van der Waals surface area contributed by atoms with Crippen molar-refractivity contribution in [3.8, 4) is 5.69 Å². The monoisotopic (exact) mass is 469 g/mol. The minimum Gasteiger partial charge on any atom is -0.383 e. The summed E-state index contributed by atoms with van der Waals surface area (Å²) in [7, 11) is 1.63. The van der Waals surface area contributed by atoms with Crippen LogP contribution in [0.15, 0.2) is 48.5 Å². The minimum absolute atomic E-state index is 0.195. The molecular weight excluding hydrogens is 440 g/mol. The van der Waals surface area contributed by atoms with E-state index < -0.39 is 11.6 Å². The van der Waals surface area contributed by atoms with E-state index in [-0.39, 0.29) is 18.0 Å². The van der Waals surface area contributed by atoms with E-state index in [0.717, 1.165) is 23.0 Å². The third kappa shape index (κ3) is 5.10. The highest BCUT2D eigenvalue weighted by atomic mass is 19.2. The Bertz CT molecular complexity index is 1150. The van der Waals surface area contributed by atoms with E-state index in [4.69, 9.17) is 4.74 Å². The van der Waals surface area contributed by atoms with Gasteiger partial charge in [0.15, 0.2) is 11.6 Å². The van der Waals surface area contributed by atoms with E-state index in [1.165, 1.54) is 6.07 Å². The van der Waals surface area contributed by atoms with Gasteiger partial charge in [-0.25, -0.2) is 18.3 Å². The Balaban J connectivity index is 1.54. The number of nitrogens with one attached hydrogen (secondary N) is 2. The molecule has 1 aliphatic heterocycles. The second kappa shape index (κ2) is 10.3. The van der Waals surface area contributed by atoms with E-state index in [0.29, 0.717) is 37.6 Å². The number of anilines is 1. The van der Waals surface area contributed by atoms with Crippen LogP contribution in [0.2, 0.25) is 0 Å². The Morgan fingerprint density at radius 2 is 1.88 bits per heavy atom. The number of carbonyl (C=O) groups is 1. The molecule has 34 heavy (non-hydrogen) atoms. The van der Waals surface area contributed by atoms with Crippen molar-refractivity contribution >= 4 is 11.8 Å². The smallest absolute Gasteiger partial charge is 0.320 e. The van der Waals surface area contributed by atoms with Crippen molar-refractivity contribution in [1.82, 2.24) is 20.0 Å². The Morgan fingerprint density at radius 1 is 1.12 bits per heavy atom. The fraction of sp³-hybridized carbons (Fsp3) is 0.360. The number of hydrogen-bond donors (Lipinski definition) is 2. The first-order valence-corrected chi connectivity index (χ1v) is 11.2. The Morgan fingerprint density at radius 3 is 2.59 bits per heavy atom. The number of aromatic nitrogens is 2. The SMILES string of the molecule is COCCN1C[C@@H](NC(=O)Nc2c(C)c(C)nn2-c2ccccc2)[C@H](c2ccc(F)c(F)c2)C1. The summed E-state index contributed by atoms with van der Waals surface area (Å²) in [6, 6.07) is 12.8. The summed E-state index contributed by atoms with van der Waals surface area (Å²) < 4.78 is 34.3. The molecule has 1 saturated heterocycles. The van der Waals surface area contributed by atoms with Crippen molar-refractivity contribution < 1.29 is 18.3 Å². The average molecular weight is 470 g/mol. The summed E-state index contributed by atoms with van der Waals surface area (Å²) in [5, 5.41) is 10.6. The molecule has 1 aromatic heterocycles. The number of rotatable bonds is 7. The largest absolute Gasteiger partial charge is 0.383 e. The number of para-hydroxylation sites is 1. The lowest BCUT2D eigenvalue weighted by molar-refractivity contribution is 0.159. The molecule has 0 bridgehead atoms. The number of benzene rings is 2. The van der Waals surface area contributed by atoms with Gasteiger partial charge in [-0.05, 0) is 43.7 Å².